The first-order valence-corrected chi connectivity index (χ1v) is 21.9. The van der Waals surface area contributed by atoms with E-state index in [-0.39, 0.29) is 70.6 Å². The van der Waals surface area contributed by atoms with E-state index in [4.69, 9.17) is 32.8 Å². The van der Waals surface area contributed by atoms with Gasteiger partial charge in [-0.1, -0.05) is 74.4 Å². The Morgan fingerprint density at radius 2 is 1.53 bits per heavy atom. The third kappa shape index (κ3) is 14.3. The minimum absolute atomic E-state index is 0.0140. The highest BCUT2D eigenvalue weighted by atomic mass is 28.4. The Morgan fingerprint density at radius 1 is 0.941 bits per heavy atom. The fraction of sp³-hybridized carbons (Fsp3) is 0.805. The maximum absolute atomic E-state index is 13.9. The second kappa shape index (κ2) is 20.7. The number of carbonyl (C=O) groups excluding carboxylic acids is 2. The molecule has 294 valence electrons. The highest BCUT2D eigenvalue weighted by Gasteiger charge is 2.42. The molecule has 0 N–H and O–H groups in total. The highest BCUT2D eigenvalue weighted by molar-refractivity contribution is 6.74. The molecule has 1 fully saturated rings. The summed E-state index contributed by atoms with van der Waals surface area (Å²) < 4.78 is 42.9. The van der Waals surface area contributed by atoms with Crippen molar-refractivity contribution in [2.75, 3.05) is 34.5 Å². The zero-order valence-electron chi connectivity index (χ0n) is 34.4. The number of hydrogen-bond acceptors (Lipinski definition) is 9. The predicted octanol–water partition coefficient (Wildman–Crippen LogP) is 8.66. The van der Waals surface area contributed by atoms with Gasteiger partial charge in [0.15, 0.2) is 14.6 Å². The van der Waals surface area contributed by atoms with Gasteiger partial charge >= 0.3 is 0 Å². The van der Waals surface area contributed by atoms with Gasteiger partial charge in [-0.05, 0) is 60.5 Å². The van der Waals surface area contributed by atoms with Gasteiger partial charge in [-0.2, -0.15) is 0 Å². The largest absolute Gasteiger partial charge is 0.497 e. The molecule has 1 aliphatic rings. The van der Waals surface area contributed by atoms with Crippen LogP contribution >= 0.6 is 0 Å². The quantitative estimate of drug-likeness (QED) is 0.0808. The molecule has 0 radical (unpaired) electrons. The second-order valence-corrected chi connectivity index (χ2v) is 22.0. The van der Waals surface area contributed by atoms with Gasteiger partial charge in [0, 0.05) is 50.7 Å². The molecule has 0 saturated carbocycles. The summed E-state index contributed by atoms with van der Waals surface area (Å²) in [6.45, 7) is 25.5. The molecule has 9 nitrogen and oxygen atoms in total. The number of benzene rings is 1. The average Bonchev–Trinajstić information content (AvgIpc) is 3.08. The molecular weight excluding hydrogens is 665 g/mol. The normalized spacial score (nSPS) is 20.4. The van der Waals surface area contributed by atoms with Crippen molar-refractivity contribution >= 4 is 20.4 Å². The van der Waals surface area contributed by atoms with Crippen LogP contribution in [0, 0.1) is 29.1 Å². The van der Waals surface area contributed by atoms with Crippen LogP contribution in [0.25, 0.3) is 0 Å². The standard InChI is InChI=1S/C41H72O9Si/c1-28(36(46-12)24-37(31(4)35(45-11)21-22-42)50-51(13,14)40(5,6)7)15-20-34(43)30(3)39(47-25-32-16-18-33(44-10)19-17-32)29(2)23-38-48-26-41(8,9)27-49-38/h16-19,22,28-31,35-39H,15,20-21,23-27H2,1-14H3/t28-,29+,30-,31+,35-,36-,37-,39+/m0/s1. The number of rotatable bonds is 23. The van der Waals surface area contributed by atoms with Gasteiger partial charge in [0.2, 0.25) is 0 Å². The molecule has 8 atom stereocenters. The number of hydrogen-bond donors (Lipinski definition) is 0. The van der Waals surface area contributed by atoms with E-state index in [0.29, 0.717) is 51.9 Å². The van der Waals surface area contributed by atoms with Crippen molar-refractivity contribution in [3.63, 3.8) is 0 Å². The van der Waals surface area contributed by atoms with Crippen LogP contribution in [-0.4, -0.2) is 85.6 Å². The van der Waals surface area contributed by atoms with Gasteiger partial charge in [0.05, 0.1) is 51.3 Å². The van der Waals surface area contributed by atoms with E-state index in [1.54, 1.807) is 21.3 Å². The number of carbonyl (C=O) groups is 2. The summed E-state index contributed by atoms with van der Waals surface area (Å²) in [6.07, 6.45) is 2.43. The molecule has 0 unspecified atom stereocenters. The molecule has 1 heterocycles. The van der Waals surface area contributed by atoms with Crippen molar-refractivity contribution in [3.8, 4) is 5.75 Å². The van der Waals surface area contributed by atoms with Crippen LogP contribution in [0.5, 0.6) is 5.75 Å². The van der Waals surface area contributed by atoms with Crippen molar-refractivity contribution in [2.24, 2.45) is 29.1 Å². The molecule has 51 heavy (non-hydrogen) atoms. The molecular formula is C41H72O9Si. The highest BCUT2D eigenvalue weighted by Crippen LogP contribution is 2.40. The van der Waals surface area contributed by atoms with E-state index in [1.807, 2.05) is 31.2 Å². The van der Waals surface area contributed by atoms with Gasteiger partial charge in [0.1, 0.15) is 17.8 Å². The molecule has 10 heteroatoms. The fourth-order valence-electron chi connectivity index (χ4n) is 6.56. The summed E-state index contributed by atoms with van der Waals surface area (Å²) in [5.41, 5.74) is 1.00. The topological polar surface area (TPSA) is 98.8 Å². The number of ether oxygens (including phenoxy) is 6. The Labute approximate surface area is 311 Å². The Balaban J connectivity index is 2.18. The maximum atomic E-state index is 13.9. The van der Waals surface area contributed by atoms with Crippen molar-refractivity contribution < 1.29 is 42.4 Å². The molecule has 0 bridgehead atoms. The molecule has 0 aliphatic carbocycles. The minimum Gasteiger partial charge on any atom is -0.497 e. The van der Waals surface area contributed by atoms with Crippen LogP contribution in [-0.2, 0) is 44.3 Å². The van der Waals surface area contributed by atoms with Crippen LogP contribution in [0.2, 0.25) is 18.1 Å². The molecule has 1 saturated heterocycles. The Kier molecular flexibility index (Phi) is 18.5. The lowest BCUT2D eigenvalue weighted by Crippen LogP contribution is -2.48. The van der Waals surface area contributed by atoms with Crippen LogP contribution in [0.3, 0.4) is 0 Å². The molecule has 2 rings (SSSR count). The second-order valence-electron chi connectivity index (χ2n) is 17.3. The zero-order valence-corrected chi connectivity index (χ0v) is 35.4. The van der Waals surface area contributed by atoms with Crippen LogP contribution in [0.1, 0.15) is 100.0 Å². The number of Topliss-reactive ketones (excluding diaryl/α,β-unsaturated/α-hetero) is 1. The van der Waals surface area contributed by atoms with Crippen molar-refractivity contribution in [1.29, 1.82) is 0 Å². The third-order valence-corrected chi connectivity index (χ3v) is 15.9. The van der Waals surface area contributed by atoms with Gasteiger partial charge < -0.3 is 37.6 Å². The van der Waals surface area contributed by atoms with Gasteiger partial charge in [-0.25, -0.2) is 0 Å². The van der Waals surface area contributed by atoms with Gasteiger partial charge in [-0.15, -0.1) is 0 Å². The summed E-state index contributed by atoms with van der Waals surface area (Å²) in [5.74, 6) is 0.729. The fourth-order valence-corrected chi connectivity index (χ4v) is 7.98. The van der Waals surface area contributed by atoms with Crippen LogP contribution < -0.4 is 4.74 Å². The number of methoxy groups -OCH3 is 3. The van der Waals surface area contributed by atoms with Gasteiger partial charge in [-0.3, -0.25) is 4.79 Å². The lowest BCUT2D eigenvalue weighted by atomic mass is 9.83. The van der Waals surface area contributed by atoms with Crippen molar-refractivity contribution in [1.82, 2.24) is 0 Å². The van der Waals surface area contributed by atoms with E-state index < -0.39 is 8.32 Å². The lowest BCUT2D eigenvalue weighted by molar-refractivity contribution is -0.231. The Morgan fingerprint density at radius 3 is 2.04 bits per heavy atom. The van der Waals surface area contributed by atoms with E-state index >= 15 is 0 Å². The van der Waals surface area contributed by atoms with Crippen molar-refractivity contribution in [2.45, 2.75) is 150 Å². The molecule has 0 aromatic heterocycles. The molecule has 1 aromatic rings. The Hall–Kier alpha value is -1.66. The first-order valence-electron chi connectivity index (χ1n) is 19.0. The maximum Gasteiger partial charge on any atom is 0.192 e. The summed E-state index contributed by atoms with van der Waals surface area (Å²) in [4.78, 5) is 25.4. The summed E-state index contributed by atoms with van der Waals surface area (Å²) in [7, 11) is 2.89. The Bertz CT molecular complexity index is 1150. The van der Waals surface area contributed by atoms with E-state index in [1.165, 1.54) is 0 Å². The number of aldehydes is 1. The number of ketones is 1. The summed E-state index contributed by atoms with van der Waals surface area (Å²) in [6, 6.07) is 7.83. The van der Waals surface area contributed by atoms with Crippen molar-refractivity contribution in [3.05, 3.63) is 29.8 Å². The van der Waals surface area contributed by atoms with E-state index in [0.717, 1.165) is 17.6 Å². The smallest absolute Gasteiger partial charge is 0.192 e. The summed E-state index contributed by atoms with van der Waals surface area (Å²) >= 11 is 0. The van der Waals surface area contributed by atoms with E-state index in [2.05, 4.69) is 68.5 Å². The van der Waals surface area contributed by atoms with Gasteiger partial charge in [0.25, 0.3) is 0 Å². The van der Waals surface area contributed by atoms with Crippen LogP contribution in [0.15, 0.2) is 24.3 Å². The molecule has 0 spiro atoms. The monoisotopic (exact) mass is 736 g/mol. The molecule has 1 aliphatic heterocycles. The zero-order chi connectivity index (χ0) is 38.6. The van der Waals surface area contributed by atoms with E-state index in [9.17, 15) is 9.59 Å². The molecule has 0 amide bonds. The third-order valence-electron chi connectivity index (χ3n) is 11.4. The average molecular weight is 737 g/mol. The molecule has 1 aromatic carbocycles. The van der Waals surface area contributed by atoms with Crippen LogP contribution in [0.4, 0.5) is 0 Å². The first kappa shape index (κ1) is 45.5. The first-order chi connectivity index (χ1) is 23.8. The SMILES string of the molecule is COc1ccc(CO[C@H]([C@H](C)CC2OCC(C)(C)CO2)[C@@H](C)C(=O)CC[C@H](C)[C@H](C[C@H](O[Si](C)(C)C(C)(C)C)[C@H](C)[C@H](CC=O)OC)OC)cc1. The minimum atomic E-state index is -2.15. The predicted molar refractivity (Wildman–Crippen MR) is 206 cm³/mol. The lowest BCUT2D eigenvalue weighted by Gasteiger charge is -2.43. The summed E-state index contributed by atoms with van der Waals surface area (Å²) in [5, 5.41) is 0.0177.